The number of aromatic nitrogens is 1. The van der Waals surface area contributed by atoms with Crippen LogP contribution in [0, 0.1) is 0 Å². The minimum absolute atomic E-state index is 0.292. The largest absolute Gasteiger partial charge is 0.455 e. The molecule has 2 saturated heterocycles. The number of H-pyrrole nitrogens is 1. The van der Waals surface area contributed by atoms with Crippen LogP contribution in [0.2, 0.25) is 0 Å². The Morgan fingerprint density at radius 3 is 2.73 bits per heavy atom. The van der Waals surface area contributed by atoms with Crippen LogP contribution in [0.3, 0.4) is 0 Å². The third kappa shape index (κ3) is 4.27. The number of aliphatic hydroxyl groups excluding tert-OH is 1. The zero-order valence-electron chi connectivity index (χ0n) is 15.4. The Morgan fingerprint density at radius 2 is 2.12 bits per heavy atom. The summed E-state index contributed by atoms with van der Waals surface area (Å²) in [5.74, 6) is -0.396. The van der Waals surface area contributed by atoms with E-state index < -0.39 is 30.2 Å². The van der Waals surface area contributed by atoms with E-state index in [2.05, 4.69) is 4.98 Å². The van der Waals surface area contributed by atoms with Crippen molar-refractivity contribution in [1.82, 2.24) is 4.98 Å². The zero-order chi connectivity index (χ0) is 18.9. The Bertz CT molecular complexity index is 605. The summed E-state index contributed by atoms with van der Waals surface area (Å²) in [6, 6.07) is 3.42. The van der Waals surface area contributed by atoms with Crippen molar-refractivity contribution in [2.75, 3.05) is 0 Å². The Balaban J connectivity index is 1.54. The maximum absolute atomic E-state index is 12.1. The molecular weight excluding hydrogens is 340 g/mol. The van der Waals surface area contributed by atoms with Crippen molar-refractivity contribution in [2.45, 2.75) is 82.6 Å². The molecule has 0 saturated carbocycles. The SMILES string of the molecule is C[C@@H]1O[C@@H](O)C[C@@](C)(N)[C@H]1O[C@H]1CC[C@H](OC(=O)c2ccc[nH]2)[C@@H](C)O1. The molecule has 2 fully saturated rings. The van der Waals surface area contributed by atoms with Gasteiger partial charge in [0.1, 0.15) is 17.9 Å². The third-order valence-electron chi connectivity index (χ3n) is 5.01. The molecule has 7 atom stereocenters. The molecule has 0 aromatic carbocycles. The van der Waals surface area contributed by atoms with Gasteiger partial charge in [0.25, 0.3) is 0 Å². The van der Waals surface area contributed by atoms with Gasteiger partial charge in [-0.3, -0.25) is 0 Å². The fourth-order valence-electron chi connectivity index (χ4n) is 3.67. The van der Waals surface area contributed by atoms with Crippen molar-refractivity contribution < 1.29 is 28.8 Å². The molecule has 2 aliphatic rings. The minimum Gasteiger partial charge on any atom is -0.455 e. The lowest BCUT2D eigenvalue weighted by molar-refractivity contribution is -0.289. The highest BCUT2D eigenvalue weighted by Gasteiger charge is 2.45. The van der Waals surface area contributed by atoms with E-state index >= 15 is 0 Å². The van der Waals surface area contributed by atoms with Crippen LogP contribution >= 0.6 is 0 Å². The molecule has 3 heterocycles. The summed E-state index contributed by atoms with van der Waals surface area (Å²) in [4.78, 5) is 14.9. The summed E-state index contributed by atoms with van der Waals surface area (Å²) in [7, 11) is 0. The van der Waals surface area contributed by atoms with Gasteiger partial charge in [0.05, 0.1) is 12.2 Å². The lowest BCUT2D eigenvalue weighted by Gasteiger charge is -2.46. The van der Waals surface area contributed by atoms with E-state index in [1.54, 1.807) is 18.3 Å². The Morgan fingerprint density at radius 1 is 1.35 bits per heavy atom. The van der Waals surface area contributed by atoms with Crippen molar-refractivity contribution in [2.24, 2.45) is 5.73 Å². The molecule has 3 rings (SSSR count). The van der Waals surface area contributed by atoms with Crippen molar-refractivity contribution in [3.05, 3.63) is 24.0 Å². The number of esters is 1. The summed E-state index contributed by atoms with van der Waals surface area (Å²) < 4.78 is 22.9. The molecule has 0 amide bonds. The fourth-order valence-corrected chi connectivity index (χ4v) is 3.67. The summed E-state index contributed by atoms with van der Waals surface area (Å²) in [5, 5.41) is 9.74. The Hall–Kier alpha value is -1.45. The molecule has 0 spiro atoms. The van der Waals surface area contributed by atoms with Crippen molar-refractivity contribution in [3.8, 4) is 0 Å². The first-order valence-corrected chi connectivity index (χ1v) is 9.04. The van der Waals surface area contributed by atoms with Crippen LogP contribution in [0.1, 0.15) is 50.5 Å². The molecule has 146 valence electrons. The number of hydrogen-bond acceptors (Lipinski definition) is 7. The van der Waals surface area contributed by atoms with Crippen LogP contribution in [-0.4, -0.2) is 58.6 Å². The number of aromatic amines is 1. The number of rotatable bonds is 4. The normalized spacial score (nSPS) is 41.0. The van der Waals surface area contributed by atoms with E-state index in [9.17, 15) is 9.90 Å². The van der Waals surface area contributed by atoms with Gasteiger partial charge in [0.2, 0.25) is 0 Å². The highest BCUT2D eigenvalue weighted by Crippen LogP contribution is 2.32. The van der Waals surface area contributed by atoms with E-state index in [1.807, 2.05) is 20.8 Å². The van der Waals surface area contributed by atoms with Crippen LogP contribution < -0.4 is 5.73 Å². The molecule has 1 aromatic heterocycles. The smallest absolute Gasteiger partial charge is 0.355 e. The predicted octanol–water partition coefficient (Wildman–Crippen LogP) is 1.29. The molecule has 0 aliphatic carbocycles. The van der Waals surface area contributed by atoms with Crippen LogP contribution in [-0.2, 0) is 18.9 Å². The number of nitrogens with two attached hydrogens (primary N) is 1. The van der Waals surface area contributed by atoms with Gasteiger partial charge in [0, 0.05) is 24.6 Å². The van der Waals surface area contributed by atoms with E-state index in [0.29, 0.717) is 25.0 Å². The van der Waals surface area contributed by atoms with Gasteiger partial charge < -0.3 is 34.8 Å². The Kier molecular flexibility index (Phi) is 5.69. The van der Waals surface area contributed by atoms with E-state index in [1.165, 1.54) is 0 Å². The lowest BCUT2D eigenvalue weighted by atomic mass is 9.86. The maximum Gasteiger partial charge on any atom is 0.355 e. The molecule has 0 bridgehead atoms. The van der Waals surface area contributed by atoms with Gasteiger partial charge in [-0.25, -0.2) is 4.79 Å². The summed E-state index contributed by atoms with van der Waals surface area (Å²) in [6.07, 6.45) is 0.438. The minimum atomic E-state index is -0.886. The van der Waals surface area contributed by atoms with Gasteiger partial charge in [-0.1, -0.05) is 0 Å². The number of carbonyl (C=O) groups excluding carboxylic acids is 1. The number of aliphatic hydroxyl groups is 1. The second-order valence-corrected chi connectivity index (χ2v) is 7.44. The van der Waals surface area contributed by atoms with E-state index in [0.717, 1.165) is 0 Å². The first kappa shape index (κ1) is 19.3. The van der Waals surface area contributed by atoms with Gasteiger partial charge >= 0.3 is 5.97 Å². The van der Waals surface area contributed by atoms with E-state index in [-0.39, 0.29) is 18.3 Å². The molecule has 2 aliphatic heterocycles. The molecule has 0 unspecified atom stereocenters. The quantitative estimate of drug-likeness (QED) is 0.686. The first-order chi connectivity index (χ1) is 12.3. The van der Waals surface area contributed by atoms with Crippen LogP contribution in [0.15, 0.2) is 18.3 Å². The van der Waals surface area contributed by atoms with Gasteiger partial charge in [0.15, 0.2) is 12.6 Å². The number of carbonyl (C=O) groups is 1. The number of nitrogens with one attached hydrogen (secondary N) is 1. The summed E-state index contributed by atoms with van der Waals surface area (Å²) in [5.41, 5.74) is 6.00. The fraction of sp³-hybridized carbons (Fsp3) is 0.722. The molecule has 1 aromatic rings. The van der Waals surface area contributed by atoms with Crippen LogP contribution in [0.5, 0.6) is 0 Å². The average Bonchev–Trinajstić information content (AvgIpc) is 3.07. The monoisotopic (exact) mass is 368 g/mol. The van der Waals surface area contributed by atoms with Crippen LogP contribution in [0.25, 0.3) is 0 Å². The highest BCUT2D eigenvalue weighted by atomic mass is 16.7. The van der Waals surface area contributed by atoms with Gasteiger partial charge in [-0.05, 0) is 39.3 Å². The maximum atomic E-state index is 12.1. The van der Waals surface area contributed by atoms with Crippen molar-refractivity contribution in [1.29, 1.82) is 0 Å². The summed E-state index contributed by atoms with van der Waals surface area (Å²) >= 11 is 0. The first-order valence-electron chi connectivity index (χ1n) is 9.04. The number of ether oxygens (including phenoxy) is 4. The second kappa shape index (κ2) is 7.66. The summed E-state index contributed by atoms with van der Waals surface area (Å²) in [6.45, 7) is 5.52. The second-order valence-electron chi connectivity index (χ2n) is 7.44. The molecule has 8 heteroatoms. The Labute approximate surface area is 152 Å². The van der Waals surface area contributed by atoms with Gasteiger partial charge in [-0.2, -0.15) is 0 Å². The lowest BCUT2D eigenvalue weighted by Crippen LogP contribution is -2.62. The van der Waals surface area contributed by atoms with Gasteiger partial charge in [-0.15, -0.1) is 0 Å². The van der Waals surface area contributed by atoms with E-state index in [4.69, 9.17) is 24.7 Å². The molecule has 26 heavy (non-hydrogen) atoms. The van der Waals surface area contributed by atoms with Crippen LogP contribution in [0.4, 0.5) is 0 Å². The molecule has 0 radical (unpaired) electrons. The predicted molar refractivity (Wildman–Crippen MR) is 92.2 cm³/mol. The zero-order valence-corrected chi connectivity index (χ0v) is 15.4. The topological polar surface area (TPSA) is 116 Å². The average molecular weight is 368 g/mol. The molecule has 4 N–H and O–H groups in total. The van der Waals surface area contributed by atoms with Crippen molar-refractivity contribution in [3.63, 3.8) is 0 Å². The van der Waals surface area contributed by atoms with Crippen molar-refractivity contribution >= 4 is 5.97 Å². The third-order valence-corrected chi connectivity index (χ3v) is 5.01. The highest BCUT2D eigenvalue weighted by molar-refractivity contribution is 5.87. The molecular formula is C18H28N2O6. The molecule has 8 nitrogen and oxygen atoms in total. The standard InChI is InChI=1S/C18H28N2O6/c1-10-13(25-17(22)12-5-4-8-20-12)6-7-15(24-10)26-16-11(2)23-14(21)9-18(16,3)19/h4-5,8,10-11,13-16,20-21H,6-7,9,19H2,1-3H3/t10-,11+,13+,14-,15+,16+,18-/m1/s1. The number of hydrogen-bond donors (Lipinski definition) is 3.